The van der Waals surface area contributed by atoms with E-state index < -0.39 is 10.0 Å². The molecular formula is C12H18N4O3S. The van der Waals surface area contributed by atoms with E-state index in [4.69, 9.17) is 5.11 Å². The maximum Gasteiger partial charge on any atom is 0.242 e. The van der Waals surface area contributed by atoms with Gasteiger partial charge in [0, 0.05) is 43.9 Å². The van der Waals surface area contributed by atoms with Gasteiger partial charge in [-0.25, -0.2) is 18.1 Å². The van der Waals surface area contributed by atoms with Crippen molar-refractivity contribution in [3.05, 3.63) is 36.7 Å². The second-order valence-corrected chi connectivity index (χ2v) is 6.43. The van der Waals surface area contributed by atoms with Crippen molar-refractivity contribution >= 4 is 10.0 Å². The number of nitrogens with one attached hydrogen (secondary N) is 1. The van der Waals surface area contributed by atoms with Gasteiger partial charge in [-0.05, 0) is 13.0 Å². The summed E-state index contributed by atoms with van der Waals surface area (Å²) in [4.78, 5) is 4.06. The van der Waals surface area contributed by atoms with Crippen LogP contribution in [-0.4, -0.2) is 33.7 Å². The van der Waals surface area contributed by atoms with E-state index in [1.54, 1.807) is 41.8 Å². The molecule has 0 saturated heterocycles. The van der Waals surface area contributed by atoms with Crippen molar-refractivity contribution in [3.63, 3.8) is 0 Å². The third-order valence-electron chi connectivity index (χ3n) is 2.96. The summed E-state index contributed by atoms with van der Waals surface area (Å²) in [5.41, 5.74) is 0.549. The average Bonchev–Trinajstić information content (AvgIpc) is 2.97. The van der Waals surface area contributed by atoms with E-state index in [1.807, 2.05) is 0 Å². The zero-order valence-electron chi connectivity index (χ0n) is 11.4. The summed E-state index contributed by atoms with van der Waals surface area (Å²) in [6.45, 7) is 2.09. The molecular weight excluding hydrogens is 280 g/mol. The SMILES string of the molecule is CC(Cn1ccnc1)NS(=O)(=O)c1cc(CO)n(C)c1. The fourth-order valence-corrected chi connectivity index (χ4v) is 3.29. The minimum Gasteiger partial charge on any atom is -0.390 e. The van der Waals surface area contributed by atoms with Gasteiger partial charge in [-0.2, -0.15) is 0 Å². The van der Waals surface area contributed by atoms with Gasteiger partial charge in [0.25, 0.3) is 0 Å². The highest BCUT2D eigenvalue weighted by Gasteiger charge is 2.20. The van der Waals surface area contributed by atoms with Crippen LogP contribution in [0.4, 0.5) is 0 Å². The van der Waals surface area contributed by atoms with Gasteiger partial charge in [0.15, 0.2) is 0 Å². The van der Waals surface area contributed by atoms with Gasteiger partial charge in [0.2, 0.25) is 10.0 Å². The second-order valence-electron chi connectivity index (χ2n) is 4.72. The number of aliphatic hydroxyl groups excluding tert-OH is 1. The molecule has 0 aliphatic carbocycles. The van der Waals surface area contributed by atoms with Gasteiger partial charge < -0.3 is 14.2 Å². The zero-order chi connectivity index (χ0) is 14.8. The second kappa shape index (κ2) is 5.78. The van der Waals surface area contributed by atoms with Crippen LogP contribution in [0, 0.1) is 0 Å². The summed E-state index contributed by atoms with van der Waals surface area (Å²) < 4.78 is 30.4. The van der Waals surface area contributed by atoms with Gasteiger partial charge >= 0.3 is 0 Å². The maximum atomic E-state index is 12.2. The number of hydrogen-bond donors (Lipinski definition) is 2. The largest absolute Gasteiger partial charge is 0.390 e. The first kappa shape index (κ1) is 14.8. The zero-order valence-corrected chi connectivity index (χ0v) is 12.2. The van der Waals surface area contributed by atoms with Crippen molar-refractivity contribution < 1.29 is 13.5 Å². The van der Waals surface area contributed by atoms with E-state index >= 15 is 0 Å². The molecule has 8 heteroatoms. The standard InChI is InChI=1S/C12H18N4O3S/c1-10(6-16-4-3-13-9-16)14-20(18,19)12-5-11(8-17)15(2)7-12/h3-5,7,9-10,14,17H,6,8H2,1-2H3. The Labute approximate surface area is 117 Å². The van der Waals surface area contributed by atoms with E-state index in [0.29, 0.717) is 12.2 Å². The monoisotopic (exact) mass is 298 g/mol. The normalized spacial score (nSPS) is 13.6. The fourth-order valence-electron chi connectivity index (χ4n) is 1.96. The summed E-state index contributed by atoms with van der Waals surface area (Å²) in [6, 6.07) is 1.19. The average molecular weight is 298 g/mol. The van der Waals surface area contributed by atoms with Crippen molar-refractivity contribution in [2.24, 2.45) is 7.05 Å². The quantitative estimate of drug-likeness (QED) is 0.790. The van der Waals surface area contributed by atoms with E-state index in [-0.39, 0.29) is 17.5 Å². The van der Waals surface area contributed by atoms with Crippen molar-refractivity contribution in [1.29, 1.82) is 0 Å². The van der Waals surface area contributed by atoms with Crippen LogP contribution >= 0.6 is 0 Å². The van der Waals surface area contributed by atoms with E-state index in [9.17, 15) is 8.42 Å². The summed E-state index contributed by atoms with van der Waals surface area (Å²) in [5.74, 6) is 0. The Morgan fingerprint density at radius 1 is 1.50 bits per heavy atom. The Balaban J connectivity index is 2.10. The molecule has 2 N–H and O–H groups in total. The summed E-state index contributed by atoms with van der Waals surface area (Å²) >= 11 is 0. The third kappa shape index (κ3) is 3.27. The molecule has 2 aromatic rings. The number of rotatable bonds is 6. The van der Waals surface area contributed by atoms with Gasteiger partial charge in [-0.1, -0.05) is 0 Å². The topological polar surface area (TPSA) is 89.2 Å². The highest BCUT2D eigenvalue weighted by Crippen LogP contribution is 2.14. The summed E-state index contributed by atoms with van der Waals surface area (Å²) in [5, 5.41) is 9.10. The van der Waals surface area contributed by atoms with Gasteiger partial charge in [0.1, 0.15) is 0 Å². The first-order valence-corrected chi connectivity index (χ1v) is 7.65. The lowest BCUT2D eigenvalue weighted by molar-refractivity contribution is 0.272. The Morgan fingerprint density at radius 3 is 2.80 bits per heavy atom. The van der Waals surface area contributed by atoms with Crippen LogP contribution in [0.25, 0.3) is 0 Å². The molecule has 0 aromatic carbocycles. The Bertz CT molecular complexity index is 661. The smallest absolute Gasteiger partial charge is 0.242 e. The van der Waals surface area contributed by atoms with Crippen LogP contribution < -0.4 is 4.72 Å². The minimum absolute atomic E-state index is 0.154. The van der Waals surface area contributed by atoms with Crippen LogP contribution in [0.2, 0.25) is 0 Å². The molecule has 20 heavy (non-hydrogen) atoms. The molecule has 110 valence electrons. The number of aliphatic hydroxyl groups is 1. The van der Waals surface area contributed by atoms with Crippen molar-refractivity contribution in [2.45, 2.75) is 31.0 Å². The van der Waals surface area contributed by atoms with Crippen molar-refractivity contribution in [3.8, 4) is 0 Å². The number of hydrogen-bond acceptors (Lipinski definition) is 4. The lowest BCUT2D eigenvalue weighted by Crippen LogP contribution is -2.35. The molecule has 1 unspecified atom stereocenters. The molecule has 0 aliphatic rings. The minimum atomic E-state index is -3.59. The molecule has 0 amide bonds. The molecule has 0 saturated carbocycles. The van der Waals surface area contributed by atoms with Gasteiger partial charge in [-0.3, -0.25) is 0 Å². The summed E-state index contributed by atoms with van der Waals surface area (Å²) in [6.07, 6.45) is 6.54. The Morgan fingerprint density at radius 2 is 2.25 bits per heavy atom. The molecule has 7 nitrogen and oxygen atoms in total. The molecule has 1 atom stereocenters. The molecule has 0 radical (unpaired) electrons. The van der Waals surface area contributed by atoms with Crippen LogP contribution in [0.1, 0.15) is 12.6 Å². The molecule has 0 bridgehead atoms. The van der Waals surface area contributed by atoms with Crippen LogP contribution in [0.5, 0.6) is 0 Å². The summed E-state index contributed by atoms with van der Waals surface area (Å²) in [7, 11) is -1.90. The molecule has 2 rings (SSSR count). The predicted octanol–water partition coefficient (Wildman–Crippen LogP) is 0.0809. The van der Waals surface area contributed by atoms with E-state index in [2.05, 4.69) is 9.71 Å². The number of sulfonamides is 1. The molecule has 0 fully saturated rings. The van der Waals surface area contributed by atoms with Crippen molar-refractivity contribution in [1.82, 2.24) is 18.8 Å². The Hall–Kier alpha value is -1.64. The Kier molecular flexibility index (Phi) is 4.26. The lowest BCUT2D eigenvalue weighted by Gasteiger charge is -2.13. The first-order chi connectivity index (χ1) is 9.42. The van der Waals surface area contributed by atoms with Crippen LogP contribution in [-0.2, 0) is 30.2 Å². The van der Waals surface area contributed by atoms with Gasteiger partial charge in [-0.15, -0.1) is 0 Å². The fraction of sp³-hybridized carbons (Fsp3) is 0.417. The van der Waals surface area contributed by atoms with Crippen LogP contribution in [0.15, 0.2) is 35.9 Å². The third-order valence-corrected chi connectivity index (χ3v) is 4.51. The van der Waals surface area contributed by atoms with E-state index in [0.717, 1.165) is 0 Å². The maximum absolute atomic E-state index is 12.2. The molecule has 0 aliphatic heterocycles. The predicted molar refractivity (Wildman–Crippen MR) is 73.3 cm³/mol. The highest BCUT2D eigenvalue weighted by molar-refractivity contribution is 7.89. The first-order valence-electron chi connectivity index (χ1n) is 6.16. The lowest BCUT2D eigenvalue weighted by atomic mass is 10.4. The van der Waals surface area contributed by atoms with E-state index in [1.165, 1.54) is 12.3 Å². The number of aromatic nitrogens is 3. The molecule has 0 spiro atoms. The highest BCUT2D eigenvalue weighted by atomic mass is 32.2. The number of imidazole rings is 1. The van der Waals surface area contributed by atoms with Crippen LogP contribution in [0.3, 0.4) is 0 Å². The molecule has 2 heterocycles. The number of nitrogens with zero attached hydrogens (tertiary/aromatic N) is 3. The number of aryl methyl sites for hydroxylation is 1. The van der Waals surface area contributed by atoms with Crippen molar-refractivity contribution in [2.75, 3.05) is 0 Å². The van der Waals surface area contributed by atoms with Gasteiger partial charge in [0.05, 0.1) is 17.8 Å². The molecule has 2 aromatic heterocycles.